The normalized spacial score (nSPS) is 36.4. The SMILES string of the molecule is N#CCCOCC12C=CC(O1)C(C#N)C2. The zero-order valence-electron chi connectivity index (χ0n) is 8.35. The highest BCUT2D eigenvalue weighted by atomic mass is 16.6. The van der Waals surface area contributed by atoms with Gasteiger partial charge in [-0.2, -0.15) is 10.5 Å². The van der Waals surface area contributed by atoms with Crippen LogP contribution in [0.4, 0.5) is 0 Å². The van der Waals surface area contributed by atoms with Gasteiger partial charge in [-0.15, -0.1) is 0 Å². The molecule has 0 N–H and O–H groups in total. The van der Waals surface area contributed by atoms with Crippen LogP contribution in [-0.4, -0.2) is 24.9 Å². The number of ether oxygens (including phenoxy) is 2. The van der Waals surface area contributed by atoms with E-state index in [0.29, 0.717) is 26.1 Å². The van der Waals surface area contributed by atoms with Crippen LogP contribution in [-0.2, 0) is 9.47 Å². The predicted molar refractivity (Wildman–Crippen MR) is 51.5 cm³/mol. The van der Waals surface area contributed by atoms with E-state index in [1.807, 2.05) is 18.2 Å². The van der Waals surface area contributed by atoms with Crippen LogP contribution >= 0.6 is 0 Å². The fraction of sp³-hybridized carbons (Fsp3) is 0.636. The van der Waals surface area contributed by atoms with Gasteiger partial charge in [-0.1, -0.05) is 12.2 Å². The van der Waals surface area contributed by atoms with Crippen molar-refractivity contribution in [3.63, 3.8) is 0 Å². The van der Waals surface area contributed by atoms with Gasteiger partial charge in [0, 0.05) is 6.42 Å². The van der Waals surface area contributed by atoms with Crippen molar-refractivity contribution >= 4 is 0 Å². The molecule has 1 fully saturated rings. The van der Waals surface area contributed by atoms with Gasteiger partial charge < -0.3 is 9.47 Å². The number of nitrogens with zero attached hydrogens (tertiary/aromatic N) is 2. The second-order valence-electron chi connectivity index (χ2n) is 3.91. The average Bonchev–Trinajstić information content (AvgIpc) is 2.82. The lowest BCUT2D eigenvalue weighted by atomic mass is 9.88. The second-order valence-corrected chi connectivity index (χ2v) is 3.91. The Balaban J connectivity index is 1.86. The molecular weight excluding hydrogens is 192 g/mol. The van der Waals surface area contributed by atoms with Gasteiger partial charge in [0.2, 0.25) is 0 Å². The molecule has 0 radical (unpaired) electrons. The van der Waals surface area contributed by atoms with Crippen molar-refractivity contribution in [2.75, 3.05) is 13.2 Å². The molecule has 78 valence electrons. The third-order valence-corrected chi connectivity index (χ3v) is 2.79. The average molecular weight is 204 g/mol. The molecule has 2 aliphatic rings. The van der Waals surface area contributed by atoms with E-state index in [1.165, 1.54) is 0 Å². The second kappa shape index (κ2) is 4.02. The lowest BCUT2D eigenvalue weighted by Gasteiger charge is -2.21. The van der Waals surface area contributed by atoms with Crippen molar-refractivity contribution in [2.45, 2.75) is 24.5 Å². The van der Waals surface area contributed by atoms with Crippen molar-refractivity contribution in [1.29, 1.82) is 10.5 Å². The summed E-state index contributed by atoms with van der Waals surface area (Å²) in [4.78, 5) is 0. The molecule has 0 spiro atoms. The Kier molecular flexibility index (Phi) is 2.73. The predicted octanol–water partition coefficient (Wildman–Crippen LogP) is 1.15. The van der Waals surface area contributed by atoms with Crippen LogP contribution in [0.15, 0.2) is 12.2 Å². The summed E-state index contributed by atoms with van der Waals surface area (Å²) in [6.45, 7) is 0.872. The highest BCUT2D eigenvalue weighted by Gasteiger charge is 2.48. The molecule has 2 heterocycles. The van der Waals surface area contributed by atoms with Crippen molar-refractivity contribution in [2.24, 2.45) is 5.92 Å². The van der Waals surface area contributed by atoms with Crippen molar-refractivity contribution < 1.29 is 9.47 Å². The molecule has 4 nitrogen and oxygen atoms in total. The molecular formula is C11H12N2O2. The van der Waals surface area contributed by atoms with E-state index < -0.39 is 5.60 Å². The summed E-state index contributed by atoms with van der Waals surface area (Å²) in [5, 5.41) is 17.2. The number of fused-ring (bicyclic) bond motifs is 2. The van der Waals surface area contributed by atoms with Crippen LogP contribution in [0.3, 0.4) is 0 Å². The first-order chi connectivity index (χ1) is 7.29. The standard InChI is InChI=1S/C11H12N2O2/c12-4-1-5-14-8-11-3-2-10(15-11)9(6-11)7-13/h2-3,9-10H,1,5-6,8H2. The molecule has 0 saturated carbocycles. The number of hydrogen-bond acceptors (Lipinski definition) is 4. The molecule has 1 saturated heterocycles. The van der Waals surface area contributed by atoms with Crippen LogP contribution in [0.25, 0.3) is 0 Å². The van der Waals surface area contributed by atoms with Crippen LogP contribution in [0.1, 0.15) is 12.8 Å². The van der Waals surface area contributed by atoms with E-state index in [1.54, 1.807) is 0 Å². The monoisotopic (exact) mass is 204 g/mol. The minimum atomic E-state index is -0.402. The molecule has 0 aromatic heterocycles. The summed E-state index contributed by atoms with van der Waals surface area (Å²) in [7, 11) is 0. The minimum absolute atomic E-state index is 0.0467. The summed E-state index contributed by atoms with van der Waals surface area (Å²) < 4.78 is 11.1. The first kappa shape index (κ1) is 10.2. The minimum Gasteiger partial charge on any atom is -0.377 e. The first-order valence-electron chi connectivity index (χ1n) is 5.01. The Bertz CT molecular complexity index is 353. The smallest absolute Gasteiger partial charge is 0.112 e. The van der Waals surface area contributed by atoms with E-state index in [0.717, 1.165) is 0 Å². The molecule has 2 bridgehead atoms. The van der Waals surface area contributed by atoms with Gasteiger partial charge >= 0.3 is 0 Å². The maximum absolute atomic E-state index is 8.86. The van der Waals surface area contributed by atoms with Crippen LogP contribution in [0.2, 0.25) is 0 Å². The fourth-order valence-corrected chi connectivity index (χ4v) is 2.06. The summed E-state index contributed by atoms with van der Waals surface area (Å²) in [6.07, 6.45) is 4.96. The first-order valence-corrected chi connectivity index (χ1v) is 5.01. The van der Waals surface area contributed by atoms with Gasteiger partial charge in [0.15, 0.2) is 0 Å². The Morgan fingerprint density at radius 1 is 1.53 bits per heavy atom. The van der Waals surface area contributed by atoms with Gasteiger partial charge in [0.25, 0.3) is 0 Å². The Hall–Kier alpha value is -1.36. The van der Waals surface area contributed by atoms with E-state index in [4.69, 9.17) is 20.0 Å². The number of rotatable bonds is 4. The Morgan fingerprint density at radius 2 is 2.40 bits per heavy atom. The quantitative estimate of drug-likeness (QED) is 0.509. The molecule has 2 aliphatic heterocycles. The topological polar surface area (TPSA) is 66.0 Å². The van der Waals surface area contributed by atoms with Gasteiger partial charge in [0.05, 0.1) is 43.8 Å². The fourth-order valence-electron chi connectivity index (χ4n) is 2.06. The third-order valence-electron chi connectivity index (χ3n) is 2.79. The molecule has 3 unspecified atom stereocenters. The van der Waals surface area contributed by atoms with Crippen LogP contribution in [0.5, 0.6) is 0 Å². The van der Waals surface area contributed by atoms with Gasteiger partial charge in [0.1, 0.15) is 5.60 Å². The lowest BCUT2D eigenvalue weighted by Crippen LogP contribution is -2.30. The van der Waals surface area contributed by atoms with Crippen molar-refractivity contribution in [1.82, 2.24) is 0 Å². The summed E-state index contributed by atoms with van der Waals surface area (Å²) in [6, 6.07) is 4.26. The summed E-state index contributed by atoms with van der Waals surface area (Å²) in [5.74, 6) is -0.0467. The highest BCUT2D eigenvalue weighted by molar-refractivity contribution is 5.23. The van der Waals surface area contributed by atoms with Crippen LogP contribution in [0, 0.1) is 28.6 Å². The Labute approximate surface area is 88.7 Å². The zero-order chi connectivity index (χ0) is 10.7. The number of hydrogen-bond donors (Lipinski definition) is 0. The van der Waals surface area contributed by atoms with Crippen molar-refractivity contribution in [3.05, 3.63) is 12.2 Å². The molecule has 15 heavy (non-hydrogen) atoms. The summed E-state index contributed by atoms with van der Waals surface area (Å²) in [5.41, 5.74) is -0.402. The summed E-state index contributed by atoms with van der Waals surface area (Å²) >= 11 is 0. The van der Waals surface area contributed by atoms with E-state index >= 15 is 0 Å². The molecule has 2 rings (SSSR count). The molecule has 0 aliphatic carbocycles. The highest BCUT2D eigenvalue weighted by Crippen LogP contribution is 2.42. The molecule has 0 aromatic carbocycles. The lowest BCUT2D eigenvalue weighted by molar-refractivity contribution is -0.0364. The van der Waals surface area contributed by atoms with Gasteiger partial charge in [-0.05, 0) is 0 Å². The van der Waals surface area contributed by atoms with E-state index in [2.05, 4.69) is 6.07 Å². The molecule has 3 atom stereocenters. The number of nitriles is 2. The maximum Gasteiger partial charge on any atom is 0.112 e. The van der Waals surface area contributed by atoms with Gasteiger partial charge in [-0.25, -0.2) is 0 Å². The zero-order valence-corrected chi connectivity index (χ0v) is 8.35. The van der Waals surface area contributed by atoms with E-state index in [9.17, 15) is 0 Å². The largest absolute Gasteiger partial charge is 0.377 e. The van der Waals surface area contributed by atoms with Gasteiger partial charge in [-0.3, -0.25) is 0 Å². The molecule has 4 heteroatoms. The van der Waals surface area contributed by atoms with Crippen molar-refractivity contribution in [3.8, 4) is 12.1 Å². The van der Waals surface area contributed by atoms with Crippen LogP contribution < -0.4 is 0 Å². The Morgan fingerprint density at radius 3 is 3.07 bits per heavy atom. The van der Waals surface area contributed by atoms with E-state index in [-0.39, 0.29) is 12.0 Å². The third kappa shape index (κ3) is 1.87. The molecule has 0 amide bonds. The molecule has 0 aromatic rings. The maximum atomic E-state index is 8.86.